The molecule has 0 saturated heterocycles. The van der Waals surface area contributed by atoms with Gasteiger partial charge in [-0.1, -0.05) is 158 Å². The molecule has 11 rings (SSSR count). The molecular formula is C52H32N2. The minimum atomic E-state index is 0.951. The second kappa shape index (κ2) is 12.2. The topological polar surface area (TPSA) is 25.8 Å². The van der Waals surface area contributed by atoms with E-state index in [0.717, 1.165) is 66.6 Å². The summed E-state index contributed by atoms with van der Waals surface area (Å²) in [5.74, 6) is 0. The van der Waals surface area contributed by atoms with Gasteiger partial charge in [0.05, 0.1) is 22.8 Å². The van der Waals surface area contributed by atoms with Crippen molar-refractivity contribution < 1.29 is 0 Å². The molecule has 54 heavy (non-hydrogen) atoms. The molecule has 250 valence electrons. The van der Waals surface area contributed by atoms with E-state index in [2.05, 4.69) is 194 Å². The molecule has 2 aromatic heterocycles. The number of rotatable bonds is 4. The fourth-order valence-electron chi connectivity index (χ4n) is 8.69. The maximum absolute atomic E-state index is 5.51. The van der Waals surface area contributed by atoms with Crippen molar-refractivity contribution in [3.63, 3.8) is 0 Å². The third-order valence-electron chi connectivity index (χ3n) is 11.0. The lowest BCUT2D eigenvalue weighted by Crippen LogP contribution is -1.96. The molecule has 9 aromatic carbocycles. The van der Waals surface area contributed by atoms with Crippen LogP contribution in [0.3, 0.4) is 0 Å². The smallest absolute Gasteiger partial charge is 0.0722 e. The number of pyridine rings is 2. The molecule has 0 aliphatic heterocycles. The van der Waals surface area contributed by atoms with Crippen LogP contribution in [0, 0.1) is 0 Å². The van der Waals surface area contributed by atoms with Crippen molar-refractivity contribution in [2.45, 2.75) is 0 Å². The number of aromatic nitrogens is 2. The molecule has 0 radical (unpaired) electrons. The fourth-order valence-corrected chi connectivity index (χ4v) is 8.69. The van der Waals surface area contributed by atoms with Crippen LogP contribution in [0.5, 0.6) is 0 Å². The molecule has 0 saturated carbocycles. The van der Waals surface area contributed by atoms with Gasteiger partial charge in [0.1, 0.15) is 0 Å². The molecular weight excluding hydrogens is 653 g/mol. The van der Waals surface area contributed by atoms with Crippen LogP contribution in [-0.2, 0) is 0 Å². The highest BCUT2D eigenvalue weighted by atomic mass is 14.7. The maximum Gasteiger partial charge on any atom is 0.0722 e. The summed E-state index contributed by atoms with van der Waals surface area (Å²) in [6.07, 6.45) is 0. The second-order valence-electron chi connectivity index (χ2n) is 14.0. The highest BCUT2D eigenvalue weighted by Crippen LogP contribution is 2.45. The Morgan fingerprint density at radius 3 is 0.704 bits per heavy atom. The Kier molecular flexibility index (Phi) is 6.90. The summed E-state index contributed by atoms with van der Waals surface area (Å²) in [5, 5.41) is 14.3. The largest absolute Gasteiger partial charge is 0.248 e. The van der Waals surface area contributed by atoms with Gasteiger partial charge in [-0.25, -0.2) is 9.97 Å². The number of fused-ring (bicyclic) bond motifs is 6. The second-order valence-corrected chi connectivity index (χ2v) is 14.0. The van der Waals surface area contributed by atoms with Crippen LogP contribution in [0.25, 0.3) is 110 Å². The number of hydrogen-bond donors (Lipinski definition) is 0. The van der Waals surface area contributed by atoms with E-state index in [0.29, 0.717) is 0 Å². The summed E-state index contributed by atoms with van der Waals surface area (Å²) in [7, 11) is 0. The Bertz CT molecular complexity index is 2900. The van der Waals surface area contributed by atoms with E-state index in [1.807, 2.05) is 0 Å². The first-order valence-electron chi connectivity index (χ1n) is 18.5. The molecule has 0 N–H and O–H groups in total. The van der Waals surface area contributed by atoms with Crippen LogP contribution in [0.1, 0.15) is 0 Å². The molecule has 0 aliphatic carbocycles. The van der Waals surface area contributed by atoms with Gasteiger partial charge in [-0.3, -0.25) is 0 Å². The van der Waals surface area contributed by atoms with E-state index in [1.165, 1.54) is 43.1 Å². The molecule has 0 atom stereocenters. The molecule has 11 aromatic rings. The summed E-state index contributed by atoms with van der Waals surface area (Å²) in [5.41, 5.74) is 8.43. The summed E-state index contributed by atoms with van der Waals surface area (Å²) in [6.45, 7) is 0. The number of hydrogen-bond acceptors (Lipinski definition) is 2. The first-order chi connectivity index (χ1) is 26.8. The average Bonchev–Trinajstić information content (AvgIpc) is 3.23. The third-order valence-corrected chi connectivity index (χ3v) is 11.0. The first kappa shape index (κ1) is 30.5. The van der Waals surface area contributed by atoms with Crippen LogP contribution in [0.4, 0.5) is 0 Å². The van der Waals surface area contributed by atoms with Crippen molar-refractivity contribution in [3.8, 4) is 45.0 Å². The van der Waals surface area contributed by atoms with Crippen molar-refractivity contribution in [3.05, 3.63) is 194 Å². The molecule has 0 spiro atoms. The molecule has 0 amide bonds. The quantitative estimate of drug-likeness (QED) is 0.172. The van der Waals surface area contributed by atoms with Crippen LogP contribution in [-0.4, -0.2) is 9.97 Å². The van der Waals surface area contributed by atoms with Crippen LogP contribution in [0.15, 0.2) is 194 Å². The minimum absolute atomic E-state index is 0.951. The molecule has 2 nitrogen and oxygen atoms in total. The SMILES string of the molecule is c1cc(-c2c3ccccc3cc3ccccc23)nc(-c2c3ccccc3c(-c3cccc(-c4c5ccccc5cc5ccccc45)n3)c3ccccc23)c1. The number of nitrogens with zero attached hydrogens (tertiary/aromatic N) is 2. The van der Waals surface area contributed by atoms with Crippen molar-refractivity contribution in [1.29, 1.82) is 0 Å². The monoisotopic (exact) mass is 684 g/mol. The van der Waals surface area contributed by atoms with Crippen LogP contribution in [0.2, 0.25) is 0 Å². The van der Waals surface area contributed by atoms with Gasteiger partial charge in [0, 0.05) is 22.3 Å². The summed E-state index contributed by atoms with van der Waals surface area (Å²) in [4.78, 5) is 11.0. The Balaban J connectivity index is 1.16. The predicted molar refractivity (Wildman–Crippen MR) is 229 cm³/mol. The van der Waals surface area contributed by atoms with Gasteiger partial charge in [0.2, 0.25) is 0 Å². The van der Waals surface area contributed by atoms with E-state index < -0.39 is 0 Å². The average molecular weight is 685 g/mol. The first-order valence-corrected chi connectivity index (χ1v) is 18.5. The van der Waals surface area contributed by atoms with Crippen LogP contribution < -0.4 is 0 Å². The maximum atomic E-state index is 5.51. The molecule has 2 heterocycles. The zero-order valence-corrected chi connectivity index (χ0v) is 29.4. The lowest BCUT2D eigenvalue weighted by Gasteiger charge is -2.18. The Hall–Kier alpha value is -7.16. The van der Waals surface area contributed by atoms with Gasteiger partial charge < -0.3 is 0 Å². The zero-order chi connectivity index (χ0) is 35.6. The predicted octanol–water partition coefficient (Wildman–Crippen LogP) is 14.1. The summed E-state index contributed by atoms with van der Waals surface area (Å²) < 4.78 is 0. The van der Waals surface area contributed by atoms with Crippen LogP contribution >= 0.6 is 0 Å². The molecule has 0 bridgehead atoms. The van der Waals surface area contributed by atoms with E-state index in [1.54, 1.807) is 0 Å². The Labute approximate surface area is 312 Å². The summed E-state index contributed by atoms with van der Waals surface area (Å²) in [6, 6.07) is 69.6. The normalized spacial score (nSPS) is 11.7. The van der Waals surface area contributed by atoms with Gasteiger partial charge in [0.25, 0.3) is 0 Å². The standard InChI is InChI=1S/C52H32N2/c1-5-19-37-33(15-1)31-34-16-2-6-20-38(34)49(37)45-27-13-29-47(53-45)51-41-23-9-11-25-43(41)52(44-26-12-10-24-42(44)51)48-30-14-28-46(54-48)50-39-21-7-3-17-35(39)32-36-18-4-8-22-40(36)50/h1-32H. The molecule has 2 heteroatoms. The lowest BCUT2D eigenvalue weighted by atomic mass is 9.88. The highest BCUT2D eigenvalue weighted by molar-refractivity contribution is 6.21. The van der Waals surface area contributed by atoms with Crippen molar-refractivity contribution in [1.82, 2.24) is 9.97 Å². The summed E-state index contributed by atoms with van der Waals surface area (Å²) >= 11 is 0. The minimum Gasteiger partial charge on any atom is -0.248 e. The van der Waals surface area contributed by atoms with Crippen molar-refractivity contribution >= 4 is 64.6 Å². The van der Waals surface area contributed by atoms with E-state index in [-0.39, 0.29) is 0 Å². The molecule has 0 aliphatic rings. The third kappa shape index (κ3) is 4.74. The van der Waals surface area contributed by atoms with Gasteiger partial charge >= 0.3 is 0 Å². The van der Waals surface area contributed by atoms with Crippen molar-refractivity contribution in [2.75, 3.05) is 0 Å². The Morgan fingerprint density at radius 1 is 0.204 bits per heavy atom. The van der Waals surface area contributed by atoms with Crippen molar-refractivity contribution in [2.24, 2.45) is 0 Å². The fraction of sp³-hybridized carbons (Fsp3) is 0. The van der Waals surface area contributed by atoms with Gasteiger partial charge in [-0.2, -0.15) is 0 Å². The van der Waals surface area contributed by atoms with Gasteiger partial charge in [-0.15, -0.1) is 0 Å². The molecule has 0 unspecified atom stereocenters. The van der Waals surface area contributed by atoms with E-state index in [9.17, 15) is 0 Å². The lowest BCUT2D eigenvalue weighted by molar-refractivity contribution is 1.34. The number of benzene rings is 9. The van der Waals surface area contributed by atoms with Gasteiger partial charge in [-0.05, 0) is 101 Å². The zero-order valence-electron chi connectivity index (χ0n) is 29.4. The van der Waals surface area contributed by atoms with E-state index in [4.69, 9.17) is 9.97 Å². The van der Waals surface area contributed by atoms with Gasteiger partial charge in [0.15, 0.2) is 0 Å². The molecule has 0 fully saturated rings. The Morgan fingerprint density at radius 2 is 0.426 bits per heavy atom. The van der Waals surface area contributed by atoms with E-state index >= 15 is 0 Å². The highest BCUT2D eigenvalue weighted by Gasteiger charge is 2.20.